The van der Waals surface area contributed by atoms with Crippen molar-refractivity contribution in [3.63, 3.8) is 0 Å². The van der Waals surface area contributed by atoms with Gasteiger partial charge in [0.05, 0.1) is 15.6 Å². The first-order valence-corrected chi connectivity index (χ1v) is 11.5. The first-order valence-electron chi connectivity index (χ1n) is 8.80. The van der Waals surface area contributed by atoms with Crippen LogP contribution in [0, 0.1) is 10.5 Å². The summed E-state index contributed by atoms with van der Waals surface area (Å²) in [6.07, 6.45) is 3.77. The van der Waals surface area contributed by atoms with Crippen LogP contribution in [0.3, 0.4) is 0 Å². The molecule has 0 N–H and O–H groups in total. The number of cyclic esters (lactones) is 1. The van der Waals surface area contributed by atoms with Gasteiger partial charge in [0.15, 0.2) is 5.70 Å². The monoisotopic (exact) mass is 617 g/mol. The summed E-state index contributed by atoms with van der Waals surface area (Å²) in [5, 5.41) is 0. The van der Waals surface area contributed by atoms with E-state index in [4.69, 9.17) is 9.47 Å². The number of hydrogen-bond acceptors (Lipinski definition) is 4. The van der Waals surface area contributed by atoms with Crippen LogP contribution in [-0.2, 0) is 9.53 Å². The fourth-order valence-electron chi connectivity index (χ4n) is 2.59. The SMILES string of the molecule is CCCCOc1c(Br)cc(/C=C2\N=C(c3ccc(I)c(C)c3)OC2=O)cc1Br. The number of halogens is 3. The number of rotatable bonds is 6. The number of hydrogen-bond donors (Lipinski definition) is 0. The van der Waals surface area contributed by atoms with Gasteiger partial charge in [-0.15, -0.1) is 0 Å². The largest absolute Gasteiger partial charge is 0.491 e. The van der Waals surface area contributed by atoms with Gasteiger partial charge in [-0.05, 0) is 115 Å². The van der Waals surface area contributed by atoms with Crippen molar-refractivity contribution in [1.29, 1.82) is 0 Å². The van der Waals surface area contributed by atoms with Crippen LogP contribution in [0.25, 0.3) is 6.08 Å². The Labute approximate surface area is 194 Å². The molecule has 1 aliphatic rings. The molecule has 3 rings (SSSR count). The molecule has 0 saturated carbocycles. The predicted molar refractivity (Wildman–Crippen MR) is 127 cm³/mol. The van der Waals surface area contributed by atoms with Crippen LogP contribution in [-0.4, -0.2) is 18.5 Å². The van der Waals surface area contributed by atoms with Crippen molar-refractivity contribution in [3.8, 4) is 5.75 Å². The van der Waals surface area contributed by atoms with E-state index in [1.165, 1.54) is 0 Å². The van der Waals surface area contributed by atoms with Crippen molar-refractivity contribution >= 4 is 72.4 Å². The van der Waals surface area contributed by atoms with E-state index in [-0.39, 0.29) is 5.70 Å². The fourth-order valence-corrected chi connectivity index (χ4v) is 4.37. The van der Waals surface area contributed by atoms with Gasteiger partial charge >= 0.3 is 5.97 Å². The molecule has 0 radical (unpaired) electrons. The van der Waals surface area contributed by atoms with E-state index in [1.54, 1.807) is 6.08 Å². The Morgan fingerprint density at radius 2 is 1.93 bits per heavy atom. The minimum absolute atomic E-state index is 0.268. The van der Waals surface area contributed by atoms with Crippen LogP contribution in [0.5, 0.6) is 5.75 Å². The highest BCUT2D eigenvalue weighted by Gasteiger charge is 2.24. The Balaban J connectivity index is 1.87. The molecular formula is C21H18Br2INO3. The minimum Gasteiger partial charge on any atom is -0.491 e. The third-order valence-corrected chi connectivity index (χ3v) is 6.48. The summed E-state index contributed by atoms with van der Waals surface area (Å²) in [6.45, 7) is 4.79. The van der Waals surface area contributed by atoms with Crippen LogP contribution in [0.15, 0.2) is 50.0 Å². The molecule has 1 heterocycles. The second-order valence-corrected chi connectivity index (χ2v) is 9.19. The summed E-state index contributed by atoms with van der Waals surface area (Å²) in [7, 11) is 0. The molecule has 2 aromatic rings. The zero-order valence-corrected chi connectivity index (χ0v) is 20.7. The van der Waals surface area contributed by atoms with Crippen molar-refractivity contribution in [1.82, 2.24) is 0 Å². The van der Waals surface area contributed by atoms with Crippen LogP contribution in [0.2, 0.25) is 0 Å². The van der Waals surface area contributed by atoms with E-state index in [0.29, 0.717) is 12.5 Å². The molecule has 0 aromatic heterocycles. The summed E-state index contributed by atoms with van der Waals surface area (Å²) >= 11 is 9.35. The lowest BCUT2D eigenvalue weighted by Crippen LogP contribution is -2.05. The highest BCUT2D eigenvalue weighted by atomic mass is 127. The summed E-state index contributed by atoms with van der Waals surface area (Å²) in [4.78, 5) is 16.7. The molecule has 0 spiro atoms. The number of carbonyl (C=O) groups is 1. The van der Waals surface area contributed by atoms with Crippen molar-refractivity contribution < 1.29 is 14.3 Å². The van der Waals surface area contributed by atoms with Crippen LogP contribution >= 0.6 is 54.5 Å². The van der Waals surface area contributed by atoms with Gasteiger partial charge in [-0.1, -0.05) is 13.3 Å². The number of esters is 1. The van der Waals surface area contributed by atoms with Crippen molar-refractivity contribution in [2.75, 3.05) is 6.61 Å². The van der Waals surface area contributed by atoms with E-state index in [2.05, 4.69) is 66.4 Å². The minimum atomic E-state index is -0.457. The number of unbranched alkanes of at least 4 members (excludes halogenated alkanes) is 1. The van der Waals surface area contributed by atoms with Crippen molar-refractivity contribution in [2.45, 2.75) is 26.7 Å². The van der Waals surface area contributed by atoms with Gasteiger partial charge in [0.25, 0.3) is 0 Å². The highest BCUT2D eigenvalue weighted by Crippen LogP contribution is 2.36. The van der Waals surface area contributed by atoms with Crippen molar-refractivity contribution in [2.24, 2.45) is 4.99 Å². The van der Waals surface area contributed by atoms with Gasteiger partial charge in [-0.3, -0.25) is 0 Å². The molecule has 0 bridgehead atoms. The van der Waals surface area contributed by atoms with Gasteiger partial charge in [0, 0.05) is 9.13 Å². The van der Waals surface area contributed by atoms with Crippen LogP contribution in [0.1, 0.15) is 36.5 Å². The molecule has 0 atom stereocenters. The summed E-state index contributed by atoms with van der Waals surface area (Å²) in [5.74, 6) is 0.623. The quantitative estimate of drug-likeness (QED) is 0.158. The van der Waals surface area contributed by atoms with E-state index in [9.17, 15) is 4.79 Å². The Kier molecular flexibility index (Phi) is 7.33. The average molecular weight is 619 g/mol. The normalized spacial score (nSPS) is 15.0. The molecule has 2 aromatic carbocycles. The van der Waals surface area contributed by atoms with Crippen LogP contribution in [0.4, 0.5) is 0 Å². The van der Waals surface area contributed by atoms with E-state index in [0.717, 1.165) is 47.8 Å². The van der Waals surface area contributed by atoms with Gasteiger partial charge in [-0.25, -0.2) is 9.79 Å². The molecule has 7 heteroatoms. The molecule has 1 aliphatic heterocycles. The third kappa shape index (κ3) is 5.04. The van der Waals surface area contributed by atoms with Gasteiger partial charge < -0.3 is 9.47 Å². The number of nitrogens with zero attached hydrogens (tertiary/aromatic N) is 1. The zero-order valence-electron chi connectivity index (χ0n) is 15.4. The van der Waals surface area contributed by atoms with Gasteiger partial charge in [0.2, 0.25) is 5.90 Å². The molecule has 0 fully saturated rings. The maximum absolute atomic E-state index is 12.3. The zero-order chi connectivity index (χ0) is 20.3. The Morgan fingerprint density at radius 1 is 1.21 bits per heavy atom. The molecule has 0 unspecified atom stereocenters. The third-order valence-electron chi connectivity index (χ3n) is 4.09. The van der Waals surface area contributed by atoms with E-state index >= 15 is 0 Å². The Morgan fingerprint density at radius 3 is 2.57 bits per heavy atom. The Bertz CT molecular complexity index is 963. The summed E-state index contributed by atoms with van der Waals surface area (Å²) in [5.41, 5.74) is 2.99. The first kappa shape index (κ1) is 21.5. The lowest BCUT2D eigenvalue weighted by molar-refractivity contribution is -0.129. The Hall–Kier alpha value is -1.19. The number of carbonyl (C=O) groups excluding carboxylic acids is 1. The maximum Gasteiger partial charge on any atom is 0.363 e. The maximum atomic E-state index is 12.3. The van der Waals surface area contributed by atoms with E-state index in [1.807, 2.05) is 37.3 Å². The number of benzene rings is 2. The van der Waals surface area contributed by atoms with Crippen molar-refractivity contribution in [3.05, 3.63) is 65.2 Å². The summed E-state index contributed by atoms with van der Waals surface area (Å²) in [6, 6.07) is 9.64. The first-order chi connectivity index (χ1) is 13.4. The number of ether oxygens (including phenoxy) is 2. The smallest absolute Gasteiger partial charge is 0.363 e. The fraction of sp³-hybridized carbons (Fsp3) is 0.238. The average Bonchev–Trinajstić information content (AvgIpc) is 3.00. The summed E-state index contributed by atoms with van der Waals surface area (Å²) < 4.78 is 14.0. The molecule has 4 nitrogen and oxygen atoms in total. The van der Waals surface area contributed by atoms with Gasteiger partial charge in [-0.2, -0.15) is 0 Å². The van der Waals surface area contributed by atoms with Gasteiger partial charge in [0.1, 0.15) is 5.75 Å². The molecule has 146 valence electrons. The topological polar surface area (TPSA) is 47.9 Å². The highest BCUT2D eigenvalue weighted by molar-refractivity contribution is 14.1. The standard InChI is InChI=1S/C21H18Br2INO3/c1-3-4-7-27-19-15(22)9-13(10-16(19)23)11-18-21(26)28-20(25-18)14-5-6-17(24)12(2)8-14/h5-6,8-11H,3-4,7H2,1-2H3/b18-11-. The molecule has 0 saturated heterocycles. The number of aryl methyl sites for hydroxylation is 1. The lowest BCUT2D eigenvalue weighted by atomic mass is 10.1. The molecular weight excluding hydrogens is 601 g/mol. The predicted octanol–water partition coefficient (Wildman–Crippen LogP) is 6.65. The molecule has 28 heavy (non-hydrogen) atoms. The second kappa shape index (κ2) is 9.54. The second-order valence-electron chi connectivity index (χ2n) is 6.32. The number of aliphatic imine (C=N–C) groups is 1. The molecule has 0 amide bonds. The van der Waals surface area contributed by atoms with Crippen LogP contribution < -0.4 is 4.74 Å². The molecule has 0 aliphatic carbocycles. The lowest BCUT2D eigenvalue weighted by Gasteiger charge is -2.11. The van der Waals surface area contributed by atoms with E-state index < -0.39 is 5.97 Å².